The number of benzene rings is 1. The van der Waals surface area contributed by atoms with Crippen LogP contribution in [0.1, 0.15) is 44.8 Å². The summed E-state index contributed by atoms with van der Waals surface area (Å²) in [6.07, 6.45) is 2.38. The minimum Gasteiger partial charge on any atom is -0.367 e. The number of carbonyl (C=O) groups is 1. The van der Waals surface area contributed by atoms with Gasteiger partial charge in [-0.3, -0.25) is 4.79 Å². The Morgan fingerprint density at radius 3 is 2.70 bits per heavy atom. The Kier molecular flexibility index (Phi) is 5.12. The van der Waals surface area contributed by atoms with Gasteiger partial charge in [-0.15, -0.1) is 0 Å². The molecular weight excluding hydrogens is 257 g/mol. The minimum atomic E-state index is -0.256. The van der Waals surface area contributed by atoms with E-state index in [1.807, 2.05) is 11.8 Å². The number of halogens is 1. The molecule has 2 atom stereocenters. The van der Waals surface area contributed by atoms with E-state index in [1.165, 1.54) is 12.1 Å². The monoisotopic (exact) mass is 279 g/mol. The van der Waals surface area contributed by atoms with Crippen LogP contribution in [0.3, 0.4) is 0 Å². The molecule has 2 rings (SSSR count). The number of rotatable bonds is 4. The molecule has 1 saturated heterocycles. The van der Waals surface area contributed by atoms with Gasteiger partial charge >= 0.3 is 0 Å². The molecule has 0 bridgehead atoms. The van der Waals surface area contributed by atoms with Crippen molar-refractivity contribution in [3.8, 4) is 0 Å². The second-order valence-corrected chi connectivity index (χ2v) is 5.39. The average molecular weight is 279 g/mol. The van der Waals surface area contributed by atoms with Crippen LogP contribution in [0.15, 0.2) is 24.3 Å². The highest BCUT2D eigenvalue weighted by Crippen LogP contribution is 2.26. The molecule has 0 aromatic heterocycles. The van der Waals surface area contributed by atoms with Gasteiger partial charge in [0.05, 0.1) is 12.6 Å². The zero-order chi connectivity index (χ0) is 14.5. The van der Waals surface area contributed by atoms with Crippen LogP contribution < -0.4 is 0 Å². The van der Waals surface area contributed by atoms with Crippen LogP contribution >= 0.6 is 0 Å². The summed E-state index contributed by atoms with van der Waals surface area (Å²) >= 11 is 0. The first-order chi connectivity index (χ1) is 9.60. The van der Waals surface area contributed by atoms with Gasteiger partial charge in [0, 0.05) is 13.0 Å². The Balaban J connectivity index is 2.04. The highest BCUT2D eigenvalue weighted by Gasteiger charge is 2.28. The van der Waals surface area contributed by atoms with Gasteiger partial charge < -0.3 is 9.64 Å². The van der Waals surface area contributed by atoms with Crippen molar-refractivity contribution in [1.82, 2.24) is 4.90 Å². The summed E-state index contributed by atoms with van der Waals surface area (Å²) in [6.45, 7) is 5.24. The molecule has 0 aliphatic carbocycles. The highest BCUT2D eigenvalue weighted by molar-refractivity contribution is 5.76. The normalized spacial score (nSPS) is 22.9. The fourth-order valence-electron chi connectivity index (χ4n) is 2.50. The van der Waals surface area contributed by atoms with E-state index in [1.54, 1.807) is 12.1 Å². The predicted molar refractivity (Wildman–Crippen MR) is 75.8 cm³/mol. The van der Waals surface area contributed by atoms with Crippen LogP contribution in [0.25, 0.3) is 0 Å². The summed E-state index contributed by atoms with van der Waals surface area (Å²) in [5, 5.41) is 0. The van der Waals surface area contributed by atoms with Crippen LogP contribution in [0.2, 0.25) is 0 Å². The number of hydrogen-bond donors (Lipinski definition) is 0. The van der Waals surface area contributed by atoms with Gasteiger partial charge in [-0.25, -0.2) is 4.39 Å². The first kappa shape index (κ1) is 15.0. The smallest absolute Gasteiger partial charge is 0.222 e. The lowest BCUT2D eigenvalue weighted by Gasteiger charge is -2.37. The van der Waals surface area contributed by atoms with Gasteiger partial charge in [0.15, 0.2) is 0 Å². The molecule has 3 nitrogen and oxygen atoms in total. The molecule has 1 aliphatic heterocycles. The third-order valence-corrected chi connectivity index (χ3v) is 3.60. The van der Waals surface area contributed by atoms with E-state index in [9.17, 15) is 9.18 Å². The maximum absolute atomic E-state index is 13.0. The zero-order valence-corrected chi connectivity index (χ0v) is 12.1. The summed E-state index contributed by atoms with van der Waals surface area (Å²) in [5.74, 6) is -0.0670. The molecule has 4 heteroatoms. The van der Waals surface area contributed by atoms with Crippen LogP contribution in [-0.2, 0) is 9.53 Å². The van der Waals surface area contributed by atoms with Crippen LogP contribution in [0, 0.1) is 5.82 Å². The molecule has 0 radical (unpaired) electrons. The van der Waals surface area contributed by atoms with Crippen LogP contribution in [-0.4, -0.2) is 30.0 Å². The summed E-state index contributed by atoms with van der Waals surface area (Å²) in [5.41, 5.74) is 0.922. The Labute approximate surface area is 119 Å². The topological polar surface area (TPSA) is 29.5 Å². The Bertz CT molecular complexity index is 446. The van der Waals surface area contributed by atoms with Crippen molar-refractivity contribution in [2.75, 3.05) is 13.1 Å². The summed E-state index contributed by atoms with van der Waals surface area (Å²) < 4.78 is 18.9. The van der Waals surface area contributed by atoms with Crippen molar-refractivity contribution in [1.29, 1.82) is 0 Å². The van der Waals surface area contributed by atoms with Gasteiger partial charge in [0.25, 0.3) is 0 Å². The van der Waals surface area contributed by atoms with E-state index < -0.39 is 0 Å². The number of nitrogens with zero attached hydrogens (tertiary/aromatic N) is 1. The highest BCUT2D eigenvalue weighted by atomic mass is 19.1. The number of hydrogen-bond acceptors (Lipinski definition) is 2. The largest absolute Gasteiger partial charge is 0.367 e. The lowest BCUT2D eigenvalue weighted by Crippen LogP contribution is -2.45. The molecule has 1 aromatic carbocycles. The summed E-state index contributed by atoms with van der Waals surface area (Å²) in [4.78, 5) is 14.0. The van der Waals surface area contributed by atoms with Gasteiger partial charge in [0.2, 0.25) is 5.91 Å². The first-order valence-electron chi connectivity index (χ1n) is 7.29. The van der Waals surface area contributed by atoms with Crippen molar-refractivity contribution in [3.63, 3.8) is 0 Å². The van der Waals surface area contributed by atoms with Crippen molar-refractivity contribution in [2.24, 2.45) is 0 Å². The van der Waals surface area contributed by atoms with Crippen molar-refractivity contribution in [2.45, 2.75) is 45.3 Å². The molecule has 2 unspecified atom stereocenters. The molecule has 0 spiro atoms. The zero-order valence-electron chi connectivity index (χ0n) is 12.1. The van der Waals surface area contributed by atoms with Gasteiger partial charge in [-0.2, -0.15) is 0 Å². The molecule has 0 N–H and O–H groups in total. The van der Waals surface area contributed by atoms with Gasteiger partial charge in [-0.1, -0.05) is 25.5 Å². The van der Waals surface area contributed by atoms with Gasteiger partial charge in [0.1, 0.15) is 11.9 Å². The van der Waals surface area contributed by atoms with Crippen molar-refractivity contribution in [3.05, 3.63) is 35.6 Å². The second kappa shape index (κ2) is 6.84. The third-order valence-electron chi connectivity index (χ3n) is 3.60. The summed E-state index contributed by atoms with van der Waals surface area (Å²) in [7, 11) is 0. The number of morpholine rings is 1. The molecule has 1 fully saturated rings. The fourth-order valence-corrected chi connectivity index (χ4v) is 2.50. The Morgan fingerprint density at radius 1 is 1.35 bits per heavy atom. The molecule has 20 heavy (non-hydrogen) atoms. The van der Waals surface area contributed by atoms with E-state index >= 15 is 0 Å². The lowest BCUT2D eigenvalue weighted by atomic mass is 10.1. The number of carbonyl (C=O) groups excluding carboxylic acids is 1. The Morgan fingerprint density at radius 2 is 2.05 bits per heavy atom. The van der Waals surface area contributed by atoms with E-state index in [2.05, 4.69) is 6.92 Å². The van der Waals surface area contributed by atoms with E-state index in [-0.39, 0.29) is 23.9 Å². The molecule has 1 aliphatic rings. The number of unbranched alkanes of at least 4 members (excludes halogenated alkanes) is 1. The fraction of sp³-hybridized carbons (Fsp3) is 0.562. The average Bonchev–Trinajstić information content (AvgIpc) is 2.44. The van der Waals surface area contributed by atoms with E-state index in [4.69, 9.17) is 4.74 Å². The van der Waals surface area contributed by atoms with Crippen LogP contribution in [0.4, 0.5) is 4.39 Å². The quantitative estimate of drug-likeness (QED) is 0.846. The standard InChI is InChI=1S/C16H22FNO2/c1-3-4-5-16(19)18-10-12(2)20-15(11-18)13-6-8-14(17)9-7-13/h6-9,12,15H,3-5,10-11H2,1-2H3. The van der Waals surface area contributed by atoms with Crippen LogP contribution in [0.5, 0.6) is 0 Å². The first-order valence-corrected chi connectivity index (χ1v) is 7.29. The molecule has 110 valence electrons. The number of ether oxygens (including phenoxy) is 1. The minimum absolute atomic E-state index is 0.00406. The third kappa shape index (κ3) is 3.79. The molecule has 1 aromatic rings. The molecule has 1 heterocycles. The molecule has 0 saturated carbocycles. The molecule has 1 amide bonds. The van der Waals surface area contributed by atoms with E-state index in [0.29, 0.717) is 19.5 Å². The molecular formula is C16H22FNO2. The van der Waals surface area contributed by atoms with Crippen molar-refractivity contribution >= 4 is 5.91 Å². The van der Waals surface area contributed by atoms with E-state index in [0.717, 1.165) is 18.4 Å². The lowest BCUT2D eigenvalue weighted by molar-refractivity contribution is -0.145. The predicted octanol–water partition coefficient (Wildman–Crippen LogP) is 3.30. The van der Waals surface area contributed by atoms with Crippen molar-refractivity contribution < 1.29 is 13.9 Å². The van der Waals surface area contributed by atoms with Gasteiger partial charge in [-0.05, 0) is 31.0 Å². The number of amides is 1. The SMILES string of the molecule is CCCCC(=O)N1CC(C)OC(c2ccc(F)cc2)C1. The maximum atomic E-state index is 13.0. The summed E-state index contributed by atoms with van der Waals surface area (Å²) in [6, 6.07) is 6.32. The maximum Gasteiger partial charge on any atom is 0.222 e. The Hall–Kier alpha value is -1.42. The second-order valence-electron chi connectivity index (χ2n) is 5.39.